The summed E-state index contributed by atoms with van der Waals surface area (Å²) in [6.07, 6.45) is -0.342. The topological polar surface area (TPSA) is 46.5 Å². The molecule has 3 nitrogen and oxygen atoms in total. The molecule has 0 aromatic heterocycles. The second kappa shape index (κ2) is 5.00. The van der Waals surface area contributed by atoms with E-state index in [-0.39, 0.29) is 0 Å². The minimum Gasteiger partial charge on any atom is -0.479 e. The molecule has 1 rings (SSSR count). The number of ether oxygens (including phenoxy) is 1. The summed E-state index contributed by atoms with van der Waals surface area (Å²) in [5.74, 6) is -0.384. The fourth-order valence-corrected chi connectivity index (χ4v) is 1.38. The summed E-state index contributed by atoms with van der Waals surface area (Å²) in [4.78, 5) is 10.7. The third-order valence-electron chi connectivity index (χ3n) is 1.75. The lowest BCUT2D eigenvalue weighted by molar-refractivity contribution is -0.145. The molecule has 0 aliphatic rings. The van der Waals surface area contributed by atoms with Crippen molar-refractivity contribution in [3.63, 3.8) is 0 Å². The van der Waals surface area contributed by atoms with Gasteiger partial charge in [-0.1, -0.05) is 19.1 Å². The number of benzene rings is 1. The van der Waals surface area contributed by atoms with E-state index in [2.05, 4.69) is 15.9 Å². The van der Waals surface area contributed by atoms with Crippen LogP contribution in [0.4, 0.5) is 0 Å². The van der Waals surface area contributed by atoms with Crippen molar-refractivity contribution >= 4 is 21.9 Å². The number of carbonyl (C=O) groups is 1. The SMILES string of the molecule is CCC(Oc1ccccc1Br)C(=O)O. The second-order valence-electron chi connectivity index (χ2n) is 2.78. The molecule has 0 aliphatic heterocycles. The number of hydrogen-bond donors (Lipinski definition) is 1. The molecule has 4 heteroatoms. The molecule has 1 aromatic carbocycles. The van der Waals surface area contributed by atoms with Gasteiger partial charge in [0.1, 0.15) is 5.75 Å². The summed E-state index contributed by atoms with van der Waals surface area (Å²) < 4.78 is 6.07. The molecule has 0 saturated carbocycles. The van der Waals surface area contributed by atoms with Gasteiger partial charge in [0.05, 0.1) is 4.47 Å². The molecule has 1 atom stereocenters. The van der Waals surface area contributed by atoms with E-state index in [4.69, 9.17) is 9.84 Å². The molecule has 1 N–H and O–H groups in total. The normalized spacial score (nSPS) is 12.1. The van der Waals surface area contributed by atoms with E-state index in [0.717, 1.165) is 4.47 Å². The van der Waals surface area contributed by atoms with E-state index < -0.39 is 12.1 Å². The molecule has 0 amide bonds. The van der Waals surface area contributed by atoms with Crippen molar-refractivity contribution in [3.05, 3.63) is 28.7 Å². The zero-order valence-corrected chi connectivity index (χ0v) is 9.32. The lowest BCUT2D eigenvalue weighted by Gasteiger charge is -2.13. The van der Waals surface area contributed by atoms with Gasteiger partial charge in [0.2, 0.25) is 0 Å². The van der Waals surface area contributed by atoms with Gasteiger partial charge in [-0.15, -0.1) is 0 Å². The van der Waals surface area contributed by atoms with Gasteiger partial charge in [0, 0.05) is 0 Å². The smallest absolute Gasteiger partial charge is 0.344 e. The maximum absolute atomic E-state index is 10.7. The van der Waals surface area contributed by atoms with Crippen LogP contribution in [-0.2, 0) is 4.79 Å². The Kier molecular flexibility index (Phi) is 3.95. The minimum absolute atomic E-state index is 0.441. The van der Waals surface area contributed by atoms with Crippen LogP contribution in [0.15, 0.2) is 28.7 Å². The zero-order valence-electron chi connectivity index (χ0n) is 7.74. The van der Waals surface area contributed by atoms with Crippen LogP contribution in [0, 0.1) is 0 Å². The van der Waals surface area contributed by atoms with Crippen LogP contribution >= 0.6 is 15.9 Å². The summed E-state index contributed by atoms with van der Waals surface area (Å²) in [7, 11) is 0. The fraction of sp³-hybridized carbons (Fsp3) is 0.300. The van der Waals surface area contributed by atoms with Crippen LogP contribution in [0.3, 0.4) is 0 Å². The molecule has 76 valence electrons. The van der Waals surface area contributed by atoms with Crippen LogP contribution in [0.25, 0.3) is 0 Å². The Morgan fingerprint density at radius 1 is 1.57 bits per heavy atom. The molecule has 1 unspecified atom stereocenters. The first-order valence-electron chi connectivity index (χ1n) is 4.29. The average molecular weight is 259 g/mol. The highest BCUT2D eigenvalue weighted by molar-refractivity contribution is 9.10. The molecule has 14 heavy (non-hydrogen) atoms. The average Bonchev–Trinajstić information content (AvgIpc) is 2.16. The predicted octanol–water partition coefficient (Wildman–Crippen LogP) is 2.69. The van der Waals surface area contributed by atoms with Gasteiger partial charge in [0.15, 0.2) is 6.10 Å². The maximum atomic E-state index is 10.7. The van der Waals surface area contributed by atoms with Crippen molar-refractivity contribution in [1.82, 2.24) is 0 Å². The Bertz CT molecular complexity index is 325. The summed E-state index contributed by atoms with van der Waals surface area (Å²) in [6, 6.07) is 7.19. The Labute approximate surface area is 90.8 Å². The van der Waals surface area contributed by atoms with Gasteiger partial charge < -0.3 is 9.84 Å². The highest BCUT2D eigenvalue weighted by Crippen LogP contribution is 2.25. The van der Waals surface area contributed by atoms with Crippen LogP contribution in [-0.4, -0.2) is 17.2 Å². The van der Waals surface area contributed by atoms with E-state index in [9.17, 15) is 4.79 Å². The first-order chi connectivity index (χ1) is 6.65. The molecule has 0 spiro atoms. The van der Waals surface area contributed by atoms with E-state index in [1.807, 2.05) is 12.1 Å². The third-order valence-corrected chi connectivity index (χ3v) is 2.41. The Morgan fingerprint density at radius 3 is 2.71 bits per heavy atom. The quantitative estimate of drug-likeness (QED) is 0.904. The van der Waals surface area contributed by atoms with E-state index in [0.29, 0.717) is 12.2 Å². The van der Waals surface area contributed by atoms with Gasteiger partial charge in [-0.05, 0) is 34.5 Å². The number of carboxylic acid groups (broad SMARTS) is 1. The molecule has 0 heterocycles. The molecule has 0 radical (unpaired) electrons. The summed E-state index contributed by atoms with van der Waals surface area (Å²) >= 11 is 3.29. The third kappa shape index (κ3) is 2.73. The van der Waals surface area contributed by atoms with Gasteiger partial charge in [-0.25, -0.2) is 4.79 Å². The number of carboxylic acids is 1. The number of hydrogen-bond acceptors (Lipinski definition) is 2. The highest BCUT2D eigenvalue weighted by atomic mass is 79.9. The van der Waals surface area contributed by atoms with E-state index >= 15 is 0 Å². The summed E-state index contributed by atoms with van der Waals surface area (Å²) in [6.45, 7) is 1.77. The molecular formula is C10H11BrO3. The summed E-state index contributed by atoms with van der Waals surface area (Å²) in [5.41, 5.74) is 0. The van der Waals surface area contributed by atoms with Crippen LogP contribution in [0.1, 0.15) is 13.3 Å². The van der Waals surface area contributed by atoms with Crippen molar-refractivity contribution in [2.24, 2.45) is 0 Å². The zero-order chi connectivity index (χ0) is 10.6. The van der Waals surface area contributed by atoms with Crippen molar-refractivity contribution in [3.8, 4) is 5.75 Å². The van der Waals surface area contributed by atoms with Gasteiger partial charge >= 0.3 is 5.97 Å². The predicted molar refractivity (Wildman–Crippen MR) is 56.5 cm³/mol. The fourth-order valence-electron chi connectivity index (χ4n) is 1.00. The van der Waals surface area contributed by atoms with Gasteiger partial charge in [-0.2, -0.15) is 0 Å². The molecule has 0 aliphatic carbocycles. The Hall–Kier alpha value is -1.03. The van der Waals surface area contributed by atoms with Crippen molar-refractivity contribution in [2.75, 3.05) is 0 Å². The van der Waals surface area contributed by atoms with Crippen LogP contribution in [0.5, 0.6) is 5.75 Å². The van der Waals surface area contributed by atoms with Crippen molar-refractivity contribution in [2.45, 2.75) is 19.4 Å². The molecular weight excluding hydrogens is 248 g/mol. The second-order valence-corrected chi connectivity index (χ2v) is 3.64. The molecule has 0 bridgehead atoms. The van der Waals surface area contributed by atoms with Crippen molar-refractivity contribution in [1.29, 1.82) is 0 Å². The van der Waals surface area contributed by atoms with E-state index in [1.54, 1.807) is 19.1 Å². The minimum atomic E-state index is -0.941. The summed E-state index contributed by atoms with van der Waals surface area (Å²) in [5, 5.41) is 8.79. The molecule has 0 saturated heterocycles. The van der Waals surface area contributed by atoms with Gasteiger partial charge in [-0.3, -0.25) is 0 Å². The standard InChI is InChI=1S/C10H11BrO3/c1-2-8(10(12)13)14-9-6-4-3-5-7(9)11/h3-6,8H,2H2,1H3,(H,12,13). The maximum Gasteiger partial charge on any atom is 0.344 e. The molecule has 1 aromatic rings. The van der Waals surface area contributed by atoms with Crippen LogP contribution < -0.4 is 4.74 Å². The monoisotopic (exact) mass is 258 g/mol. The first kappa shape index (κ1) is 11.0. The lowest BCUT2D eigenvalue weighted by Crippen LogP contribution is -2.26. The Balaban J connectivity index is 2.77. The number of halogens is 1. The number of rotatable bonds is 4. The number of aliphatic carboxylic acids is 1. The van der Waals surface area contributed by atoms with Gasteiger partial charge in [0.25, 0.3) is 0 Å². The van der Waals surface area contributed by atoms with E-state index in [1.165, 1.54) is 0 Å². The largest absolute Gasteiger partial charge is 0.479 e. The van der Waals surface area contributed by atoms with Crippen molar-refractivity contribution < 1.29 is 14.6 Å². The van der Waals surface area contributed by atoms with Crippen LogP contribution in [0.2, 0.25) is 0 Å². The lowest BCUT2D eigenvalue weighted by atomic mass is 10.3. The first-order valence-corrected chi connectivity index (χ1v) is 5.08. The highest BCUT2D eigenvalue weighted by Gasteiger charge is 2.17. The Morgan fingerprint density at radius 2 is 2.21 bits per heavy atom. The molecule has 0 fully saturated rings. The number of para-hydroxylation sites is 1.